The highest BCUT2D eigenvalue weighted by atomic mass is 32.2. The summed E-state index contributed by atoms with van der Waals surface area (Å²) < 4.78 is 55.9. The van der Waals surface area contributed by atoms with Gasteiger partial charge in [-0.2, -0.15) is 0 Å². The van der Waals surface area contributed by atoms with Crippen molar-refractivity contribution in [3.05, 3.63) is 89.0 Å². The zero-order valence-corrected chi connectivity index (χ0v) is 16.5. The lowest BCUT2D eigenvalue weighted by atomic mass is 10.1. The first-order chi connectivity index (χ1) is 13.7. The van der Waals surface area contributed by atoms with Gasteiger partial charge in [-0.25, -0.2) is 17.2 Å². The van der Waals surface area contributed by atoms with Crippen LogP contribution in [0.4, 0.5) is 20.2 Å². The van der Waals surface area contributed by atoms with Gasteiger partial charge in [-0.05, 0) is 55.3 Å². The molecule has 0 saturated carbocycles. The number of sulfonamides is 1. The van der Waals surface area contributed by atoms with Crippen LogP contribution in [0.1, 0.15) is 21.5 Å². The van der Waals surface area contributed by atoms with Crippen LogP contribution in [0.15, 0.2) is 65.6 Å². The minimum absolute atomic E-state index is 0.250. The molecule has 150 valence electrons. The van der Waals surface area contributed by atoms with Crippen molar-refractivity contribution in [3.63, 3.8) is 0 Å². The quantitative estimate of drug-likeness (QED) is 0.637. The van der Waals surface area contributed by atoms with E-state index in [9.17, 15) is 22.0 Å². The van der Waals surface area contributed by atoms with Crippen molar-refractivity contribution >= 4 is 27.3 Å². The normalized spacial score (nSPS) is 11.2. The maximum atomic E-state index is 14.5. The van der Waals surface area contributed by atoms with Crippen molar-refractivity contribution in [1.82, 2.24) is 0 Å². The van der Waals surface area contributed by atoms with Gasteiger partial charge in [0.15, 0.2) is 0 Å². The van der Waals surface area contributed by atoms with Gasteiger partial charge in [0.05, 0.1) is 21.8 Å². The molecule has 2 N–H and O–H groups in total. The number of aryl methyl sites for hydroxylation is 2. The van der Waals surface area contributed by atoms with Crippen LogP contribution >= 0.6 is 0 Å². The van der Waals surface area contributed by atoms with E-state index in [4.69, 9.17) is 0 Å². The summed E-state index contributed by atoms with van der Waals surface area (Å²) in [4.78, 5) is 11.8. The molecule has 0 unspecified atom stereocenters. The second-order valence-electron chi connectivity index (χ2n) is 6.45. The van der Waals surface area contributed by atoms with Crippen LogP contribution in [-0.2, 0) is 10.0 Å². The van der Waals surface area contributed by atoms with Crippen molar-refractivity contribution in [1.29, 1.82) is 0 Å². The number of amides is 1. The first-order valence-corrected chi connectivity index (χ1v) is 10.1. The van der Waals surface area contributed by atoms with E-state index >= 15 is 0 Å². The molecule has 1 amide bonds. The highest BCUT2D eigenvalue weighted by molar-refractivity contribution is 7.92. The minimum atomic E-state index is -4.05. The van der Waals surface area contributed by atoms with Crippen LogP contribution in [0.3, 0.4) is 0 Å². The fraction of sp³-hybridized carbons (Fsp3) is 0.0952. The number of rotatable bonds is 5. The summed E-state index contributed by atoms with van der Waals surface area (Å²) in [5.41, 5.74) is 1.36. The van der Waals surface area contributed by atoms with Crippen molar-refractivity contribution in [3.8, 4) is 0 Å². The molecule has 0 atom stereocenters. The van der Waals surface area contributed by atoms with E-state index in [0.29, 0.717) is 5.69 Å². The van der Waals surface area contributed by atoms with Gasteiger partial charge in [-0.15, -0.1) is 0 Å². The van der Waals surface area contributed by atoms with Crippen LogP contribution in [0.2, 0.25) is 0 Å². The SMILES string of the molecule is Cc1cccc(C)c1NS(=O)(=O)c1ccc(NC(=O)c2ccccc2F)c(F)c1. The molecule has 29 heavy (non-hydrogen) atoms. The number of hydrogen-bond donors (Lipinski definition) is 2. The predicted octanol–water partition coefficient (Wildman–Crippen LogP) is 4.63. The zero-order valence-electron chi connectivity index (χ0n) is 15.7. The van der Waals surface area contributed by atoms with Gasteiger partial charge in [0.25, 0.3) is 15.9 Å². The smallest absolute Gasteiger partial charge is 0.262 e. The van der Waals surface area contributed by atoms with E-state index in [-0.39, 0.29) is 16.1 Å². The molecule has 3 aromatic carbocycles. The van der Waals surface area contributed by atoms with Crippen LogP contribution in [-0.4, -0.2) is 14.3 Å². The molecule has 0 fully saturated rings. The van der Waals surface area contributed by atoms with Crippen molar-refractivity contribution in [2.45, 2.75) is 18.7 Å². The predicted molar refractivity (Wildman–Crippen MR) is 107 cm³/mol. The molecular formula is C21H18F2N2O3S. The lowest BCUT2D eigenvalue weighted by molar-refractivity contribution is 0.102. The van der Waals surface area contributed by atoms with Gasteiger partial charge in [-0.1, -0.05) is 30.3 Å². The molecule has 8 heteroatoms. The number of benzene rings is 3. The second-order valence-corrected chi connectivity index (χ2v) is 8.13. The van der Waals surface area contributed by atoms with E-state index in [1.807, 2.05) is 0 Å². The molecule has 3 rings (SSSR count). The van der Waals surface area contributed by atoms with Gasteiger partial charge in [0.1, 0.15) is 11.6 Å². The van der Waals surface area contributed by atoms with E-state index in [1.165, 1.54) is 18.2 Å². The van der Waals surface area contributed by atoms with E-state index in [2.05, 4.69) is 10.0 Å². The average Bonchev–Trinajstić information content (AvgIpc) is 2.66. The fourth-order valence-corrected chi connectivity index (χ4v) is 3.98. The molecule has 0 bridgehead atoms. The van der Waals surface area contributed by atoms with Gasteiger partial charge < -0.3 is 5.32 Å². The number of anilines is 2. The zero-order chi connectivity index (χ0) is 21.2. The molecule has 0 heterocycles. The molecule has 3 aromatic rings. The maximum absolute atomic E-state index is 14.5. The third kappa shape index (κ3) is 4.43. The van der Waals surface area contributed by atoms with E-state index < -0.39 is 27.6 Å². The standard InChI is InChI=1S/C21H18F2N2O3S/c1-13-6-5-7-14(2)20(13)25-29(27,28)15-10-11-19(18(23)12-15)24-21(26)16-8-3-4-9-17(16)22/h3-12,25H,1-2H3,(H,24,26). The van der Waals surface area contributed by atoms with Crippen LogP contribution in [0.5, 0.6) is 0 Å². The maximum Gasteiger partial charge on any atom is 0.262 e. The molecule has 0 aliphatic rings. The first kappa shape index (κ1) is 20.5. The summed E-state index contributed by atoms with van der Waals surface area (Å²) in [7, 11) is -4.05. The van der Waals surface area contributed by atoms with Crippen molar-refractivity contribution in [2.24, 2.45) is 0 Å². The highest BCUT2D eigenvalue weighted by Crippen LogP contribution is 2.25. The Balaban J connectivity index is 1.85. The van der Waals surface area contributed by atoms with Gasteiger partial charge in [0, 0.05) is 0 Å². The van der Waals surface area contributed by atoms with Gasteiger partial charge in [-0.3, -0.25) is 9.52 Å². The van der Waals surface area contributed by atoms with Crippen LogP contribution < -0.4 is 10.0 Å². The molecule has 5 nitrogen and oxygen atoms in total. The Morgan fingerprint density at radius 2 is 1.52 bits per heavy atom. The molecular weight excluding hydrogens is 398 g/mol. The Kier molecular flexibility index (Phi) is 5.65. The summed E-state index contributed by atoms with van der Waals surface area (Å²) in [6.07, 6.45) is 0. The Bertz CT molecular complexity index is 1170. The van der Waals surface area contributed by atoms with E-state index in [0.717, 1.165) is 35.4 Å². The number of nitrogens with one attached hydrogen (secondary N) is 2. The van der Waals surface area contributed by atoms with E-state index in [1.54, 1.807) is 32.0 Å². The molecule has 0 aromatic heterocycles. The van der Waals surface area contributed by atoms with Gasteiger partial charge >= 0.3 is 0 Å². The van der Waals surface area contributed by atoms with Crippen LogP contribution in [0, 0.1) is 25.5 Å². The number of carbonyl (C=O) groups is 1. The molecule has 0 radical (unpaired) electrons. The monoisotopic (exact) mass is 416 g/mol. The fourth-order valence-electron chi connectivity index (χ4n) is 2.77. The third-order valence-electron chi connectivity index (χ3n) is 4.34. The Hall–Kier alpha value is -3.26. The Labute approximate surface area is 167 Å². The summed E-state index contributed by atoms with van der Waals surface area (Å²) in [5.74, 6) is -2.55. The molecule has 0 spiro atoms. The lowest BCUT2D eigenvalue weighted by Crippen LogP contribution is -2.17. The Morgan fingerprint density at radius 3 is 2.14 bits per heavy atom. The minimum Gasteiger partial charge on any atom is -0.319 e. The number of para-hydroxylation sites is 1. The number of carbonyl (C=O) groups excluding carboxylic acids is 1. The van der Waals surface area contributed by atoms with Crippen LogP contribution in [0.25, 0.3) is 0 Å². The largest absolute Gasteiger partial charge is 0.319 e. The Morgan fingerprint density at radius 1 is 0.862 bits per heavy atom. The highest BCUT2D eigenvalue weighted by Gasteiger charge is 2.20. The number of hydrogen-bond acceptors (Lipinski definition) is 3. The lowest BCUT2D eigenvalue weighted by Gasteiger charge is -2.14. The summed E-state index contributed by atoms with van der Waals surface area (Å²) >= 11 is 0. The topological polar surface area (TPSA) is 75.3 Å². The van der Waals surface area contributed by atoms with Crippen molar-refractivity contribution < 1.29 is 22.0 Å². The summed E-state index contributed by atoms with van der Waals surface area (Å²) in [6, 6.07) is 13.7. The summed E-state index contributed by atoms with van der Waals surface area (Å²) in [6.45, 7) is 3.51. The molecule has 0 aliphatic heterocycles. The number of halogens is 2. The summed E-state index contributed by atoms with van der Waals surface area (Å²) in [5, 5.41) is 2.24. The van der Waals surface area contributed by atoms with Crippen molar-refractivity contribution in [2.75, 3.05) is 10.0 Å². The van der Waals surface area contributed by atoms with Gasteiger partial charge in [0.2, 0.25) is 0 Å². The molecule has 0 aliphatic carbocycles. The molecule has 0 saturated heterocycles. The second kappa shape index (κ2) is 8.00. The third-order valence-corrected chi connectivity index (χ3v) is 5.68. The first-order valence-electron chi connectivity index (χ1n) is 8.63. The average molecular weight is 416 g/mol.